The first-order valence-corrected chi connectivity index (χ1v) is 11.0. The third-order valence-electron chi connectivity index (χ3n) is 6.20. The molecular weight excluding hydrogens is 390 g/mol. The predicted octanol–water partition coefficient (Wildman–Crippen LogP) is 2.83. The van der Waals surface area contributed by atoms with Crippen molar-refractivity contribution in [3.8, 4) is 0 Å². The molecule has 2 amide bonds. The molecule has 2 aromatic rings. The highest BCUT2D eigenvalue weighted by Gasteiger charge is 2.28. The van der Waals surface area contributed by atoms with Gasteiger partial charge in [0.15, 0.2) is 0 Å². The van der Waals surface area contributed by atoms with E-state index in [-0.39, 0.29) is 29.0 Å². The zero-order valence-corrected chi connectivity index (χ0v) is 18.0. The van der Waals surface area contributed by atoms with Crippen molar-refractivity contribution in [3.05, 3.63) is 81.3 Å². The first kappa shape index (κ1) is 21.1. The van der Waals surface area contributed by atoms with Crippen molar-refractivity contribution in [1.29, 1.82) is 0 Å². The van der Waals surface area contributed by atoms with Gasteiger partial charge >= 0.3 is 0 Å². The second-order valence-corrected chi connectivity index (χ2v) is 8.37. The number of aromatic nitrogens is 1. The molecule has 2 heterocycles. The molecule has 1 aromatic carbocycles. The van der Waals surface area contributed by atoms with Crippen LogP contribution < -0.4 is 10.9 Å². The van der Waals surface area contributed by atoms with Gasteiger partial charge in [-0.2, -0.15) is 0 Å². The number of hydrogen-bond acceptors (Lipinski definition) is 3. The standard InChI is InChI=1S/C25H29N3O3/c1-18(29)27-15-13-22-20(16-27)17-28(14-12-19-8-4-2-5-9-19)25(31)23(22)24(30)26-21-10-6-3-7-11-21/h2,4-6,8-10,17,21H,3,7,11-16H2,1H3,(H,26,30). The van der Waals surface area contributed by atoms with E-state index in [4.69, 9.17) is 0 Å². The lowest BCUT2D eigenvalue weighted by molar-refractivity contribution is -0.129. The van der Waals surface area contributed by atoms with Crippen molar-refractivity contribution in [2.75, 3.05) is 6.54 Å². The van der Waals surface area contributed by atoms with E-state index in [1.54, 1.807) is 16.4 Å². The molecule has 1 unspecified atom stereocenters. The molecule has 1 N–H and O–H groups in total. The van der Waals surface area contributed by atoms with Crippen molar-refractivity contribution in [1.82, 2.24) is 14.8 Å². The van der Waals surface area contributed by atoms with E-state index in [1.807, 2.05) is 42.6 Å². The normalized spacial score (nSPS) is 17.8. The Kier molecular flexibility index (Phi) is 6.35. The number of benzene rings is 1. The number of nitrogens with zero attached hydrogens (tertiary/aromatic N) is 2. The molecule has 162 valence electrons. The van der Waals surface area contributed by atoms with E-state index >= 15 is 0 Å². The van der Waals surface area contributed by atoms with Crippen molar-refractivity contribution in [3.63, 3.8) is 0 Å². The van der Waals surface area contributed by atoms with Crippen LogP contribution in [0.1, 0.15) is 53.2 Å². The van der Waals surface area contributed by atoms with Crippen LogP contribution in [-0.4, -0.2) is 33.9 Å². The van der Waals surface area contributed by atoms with Crippen LogP contribution >= 0.6 is 0 Å². The second-order valence-electron chi connectivity index (χ2n) is 8.37. The summed E-state index contributed by atoms with van der Waals surface area (Å²) in [6.45, 7) is 3.00. The maximum Gasteiger partial charge on any atom is 0.263 e. The van der Waals surface area contributed by atoms with Crippen LogP contribution in [0.25, 0.3) is 0 Å². The van der Waals surface area contributed by atoms with E-state index in [0.29, 0.717) is 32.5 Å². The summed E-state index contributed by atoms with van der Waals surface area (Å²) in [5.41, 5.74) is 2.81. The van der Waals surface area contributed by atoms with Gasteiger partial charge in [0.05, 0.1) is 0 Å². The van der Waals surface area contributed by atoms with Crippen LogP contribution in [0.5, 0.6) is 0 Å². The van der Waals surface area contributed by atoms with E-state index in [2.05, 4.69) is 11.4 Å². The van der Waals surface area contributed by atoms with Crippen molar-refractivity contribution < 1.29 is 9.59 Å². The smallest absolute Gasteiger partial charge is 0.263 e. The zero-order valence-electron chi connectivity index (χ0n) is 18.0. The Labute approximate surface area is 182 Å². The Morgan fingerprint density at radius 1 is 1.19 bits per heavy atom. The van der Waals surface area contributed by atoms with Crippen molar-refractivity contribution >= 4 is 11.8 Å². The van der Waals surface area contributed by atoms with Gasteiger partial charge in [0.25, 0.3) is 11.5 Å². The van der Waals surface area contributed by atoms with Crippen LogP contribution in [-0.2, 0) is 30.7 Å². The number of carbonyl (C=O) groups excluding carboxylic acids is 2. The van der Waals surface area contributed by atoms with Gasteiger partial charge in [0.1, 0.15) is 5.56 Å². The molecule has 31 heavy (non-hydrogen) atoms. The molecule has 0 fully saturated rings. The molecule has 0 radical (unpaired) electrons. The minimum atomic E-state index is -0.303. The number of allylic oxidation sites excluding steroid dienone is 1. The summed E-state index contributed by atoms with van der Waals surface area (Å²) in [6, 6.07) is 9.95. The van der Waals surface area contributed by atoms with Gasteiger partial charge < -0.3 is 14.8 Å². The fourth-order valence-electron chi connectivity index (χ4n) is 4.45. The van der Waals surface area contributed by atoms with Gasteiger partial charge in [-0.1, -0.05) is 42.5 Å². The number of fused-ring (bicyclic) bond motifs is 1. The second kappa shape index (κ2) is 9.33. The fraction of sp³-hybridized carbons (Fsp3) is 0.400. The fourth-order valence-corrected chi connectivity index (χ4v) is 4.45. The van der Waals surface area contributed by atoms with Crippen LogP contribution in [0.3, 0.4) is 0 Å². The minimum absolute atomic E-state index is 0.00558. The van der Waals surface area contributed by atoms with Crippen LogP contribution in [0, 0.1) is 0 Å². The number of nitrogens with one attached hydrogen (secondary N) is 1. The van der Waals surface area contributed by atoms with Gasteiger partial charge in [-0.3, -0.25) is 14.4 Å². The summed E-state index contributed by atoms with van der Waals surface area (Å²) in [4.78, 5) is 40.3. The lowest BCUT2D eigenvalue weighted by Crippen LogP contribution is -2.43. The third kappa shape index (κ3) is 4.79. The van der Waals surface area contributed by atoms with Gasteiger partial charge in [-0.15, -0.1) is 0 Å². The predicted molar refractivity (Wildman–Crippen MR) is 120 cm³/mol. The average molecular weight is 420 g/mol. The number of carbonyl (C=O) groups is 2. The van der Waals surface area contributed by atoms with E-state index in [0.717, 1.165) is 36.0 Å². The SMILES string of the molecule is CC(=O)N1CCc2c(cn(CCc3ccccc3)c(=O)c2C(=O)NC2C=CCCC2)C1. The number of hydrogen-bond donors (Lipinski definition) is 1. The Bertz CT molecular complexity index is 1060. The first-order chi connectivity index (χ1) is 15.0. The summed E-state index contributed by atoms with van der Waals surface area (Å²) >= 11 is 0. The van der Waals surface area contributed by atoms with Crippen LogP contribution in [0.4, 0.5) is 0 Å². The van der Waals surface area contributed by atoms with E-state index in [9.17, 15) is 14.4 Å². The molecule has 2 aliphatic rings. The Morgan fingerprint density at radius 3 is 2.71 bits per heavy atom. The van der Waals surface area contributed by atoms with E-state index < -0.39 is 0 Å². The van der Waals surface area contributed by atoms with Gasteiger partial charge in [-0.05, 0) is 48.8 Å². The number of amides is 2. The Morgan fingerprint density at radius 2 is 2.00 bits per heavy atom. The lowest BCUT2D eigenvalue weighted by atomic mass is 9.95. The highest BCUT2D eigenvalue weighted by Crippen LogP contribution is 2.22. The van der Waals surface area contributed by atoms with Crippen molar-refractivity contribution in [2.24, 2.45) is 0 Å². The molecule has 1 aromatic heterocycles. The molecule has 6 nitrogen and oxygen atoms in total. The minimum Gasteiger partial charge on any atom is -0.346 e. The van der Waals surface area contributed by atoms with Crippen LogP contribution in [0.15, 0.2) is 53.5 Å². The largest absolute Gasteiger partial charge is 0.346 e. The summed E-state index contributed by atoms with van der Waals surface area (Å²) in [7, 11) is 0. The molecule has 6 heteroatoms. The zero-order chi connectivity index (χ0) is 21.8. The molecule has 4 rings (SSSR count). The number of aryl methyl sites for hydroxylation is 2. The summed E-state index contributed by atoms with van der Waals surface area (Å²) < 4.78 is 1.64. The highest BCUT2D eigenvalue weighted by molar-refractivity contribution is 5.96. The van der Waals surface area contributed by atoms with Gasteiger partial charge in [0.2, 0.25) is 5.91 Å². The topological polar surface area (TPSA) is 71.4 Å². The monoisotopic (exact) mass is 419 g/mol. The first-order valence-electron chi connectivity index (χ1n) is 11.0. The summed E-state index contributed by atoms with van der Waals surface area (Å²) in [5, 5.41) is 3.04. The van der Waals surface area contributed by atoms with Crippen molar-refractivity contribution in [2.45, 2.75) is 58.2 Å². The Hall–Kier alpha value is -3.15. The average Bonchev–Trinajstić information content (AvgIpc) is 2.78. The lowest BCUT2D eigenvalue weighted by Gasteiger charge is -2.30. The van der Waals surface area contributed by atoms with E-state index in [1.165, 1.54) is 0 Å². The maximum absolute atomic E-state index is 13.4. The third-order valence-corrected chi connectivity index (χ3v) is 6.20. The summed E-state index contributed by atoms with van der Waals surface area (Å²) in [6.07, 6.45) is 10.1. The molecule has 0 spiro atoms. The summed E-state index contributed by atoms with van der Waals surface area (Å²) in [5.74, 6) is -0.297. The Balaban J connectivity index is 1.67. The number of rotatable bonds is 5. The van der Waals surface area contributed by atoms with Crippen LogP contribution in [0.2, 0.25) is 0 Å². The molecule has 0 saturated carbocycles. The highest BCUT2D eigenvalue weighted by atomic mass is 16.2. The molecule has 1 aliphatic heterocycles. The molecule has 0 saturated heterocycles. The van der Waals surface area contributed by atoms with Gasteiger partial charge in [-0.25, -0.2) is 0 Å². The molecule has 1 aliphatic carbocycles. The molecular formula is C25H29N3O3. The molecule has 1 atom stereocenters. The molecule has 0 bridgehead atoms. The number of pyridine rings is 1. The quantitative estimate of drug-likeness (QED) is 0.758. The van der Waals surface area contributed by atoms with Gasteiger partial charge in [0, 0.05) is 38.8 Å². The maximum atomic E-state index is 13.4.